The van der Waals surface area contributed by atoms with Gasteiger partial charge in [-0.05, 0) is 37.9 Å². The highest BCUT2D eigenvalue weighted by molar-refractivity contribution is 7.98. The summed E-state index contributed by atoms with van der Waals surface area (Å²) in [5, 5.41) is 1.40. The first-order chi connectivity index (χ1) is 11.2. The second-order valence-electron chi connectivity index (χ2n) is 6.16. The summed E-state index contributed by atoms with van der Waals surface area (Å²) in [7, 11) is 6.48. The number of fused-ring (bicyclic) bond motifs is 1. The molecule has 0 unspecified atom stereocenters. The zero-order valence-corrected chi connectivity index (χ0v) is 14.9. The van der Waals surface area contributed by atoms with E-state index in [-0.39, 0.29) is 0 Å². The van der Waals surface area contributed by atoms with Gasteiger partial charge in [0.25, 0.3) is 0 Å². The number of aromatic nitrogens is 1. The molecule has 0 amide bonds. The van der Waals surface area contributed by atoms with Crippen LogP contribution in [0.5, 0.6) is 0 Å². The van der Waals surface area contributed by atoms with Crippen LogP contribution < -0.4 is 0 Å². The van der Waals surface area contributed by atoms with Crippen molar-refractivity contribution >= 4 is 22.7 Å². The lowest BCUT2D eigenvalue weighted by atomic mass is 10.1. The first-order valence-electron chi connectivity index (χ1n) is 8.04. The topological polar surface area (TPSA) is 8.17 Å². The molecule has 0 aliphatic heterocycles. The van der Waals surface area contributed by atoms with Crippen molar-refractivity contribution in [2.75, 3.05) is 20.6 Å². The normalized spacial score (nSPS) is 11.5. The Hall–Kier alpha value is -1.71. The van der Waals surface area contributed by atoms with E-state index in [1.54, 1.807) is 0 Å². The molecule has 1 aromatic heterocycles. The Labute approximate surface area is 143 Å². The van der Waals surface area contributed by atoms with Crippen molar-refractivity contribution in [1.82, 2.24) is 9.47 Å². The average molecular weight is 324 g/mol. The van der Waals surface area contributed by atoms with Crippen LogP contribution in [0.2, 0.25) is 0 Å². The van der Waals surface area contributed by atoms with Crippen molar-refractivity contribution < 1.29 is 0 Å². The van der Waals surface area contributed by atoms with Gasteiger partial charge in [0.15, 0.2) is 0 Å². The largest absolute Gasteiger partial charge is 0.347 e. The van der Waals surface area contributed by atoms with Gasteiger partial charge in [0.1, 0.15) is 0 Å². The number of para-hydroxylation sites is 1. The third-order valence-electron chi connectivity index (χ3n) is 4.27. The van der Waals surface area contributed by atoms with Crippen molar-refractivity contribution in [3.8, 4) is 0 Å². The lowest BCUT2D eigenvalue weighted by Crippen LogP contribution is -2.17. The van der Waals surface area contributed by atoms with Gasteiger partial charge in [-0.25, -0.2) is 0 Å². The van der Waals surface area contributed by atoms with Crippen LogP contribution in [0, 0.1) is 0 Å². The molecular formula is C20H24N2S. The minimum Gasteiger partial charge on any atom is -0.347 e. The minimum atomic E-state index is 1.02. The molecule has 0 saturated heterocycles. The first kappa shape index (κ1) is 16.2. The molecule has 0 spiro atoms. The van der Waals surface area contributed by atoms with E-state index in [2.05, 4.69) is 85.2 Å². The van der Waals surface area contributed by atoms with Gasteiger partial charge in [0, 0.05) is 47.3 Å². The predicted molar refractivity (Wildman–Crippen MR) is 101 cm³/mol. The van der Waals surface area contributed by atoms with E-state index in [0.29, 0.717) is 0 Å². The van der Waals surface area contributed by atoms with Crippen LogP contribution in [0.4, 0.5) is 0 Å². The molecule has 23 heavy (non-hydrogen) atoms. The smallest absolute Gasteiger partial charge is 0.0483 e. The Balaban J connectivity index is 1.94. The van der Waals surface area contributed by atoms with E-state index in [1.807, 2.05) is 11.8 Å². The molecule has 2 aromatic carbocycles. The van der Waals surface area contributed by atoms with Crippen LogP contribution in [-0.4, -0.2) is 30.1 Å². The van der Waals surface area contributed by atoms with Crippen LogP contribution in [0.1, 0.15) is 11.3 Å². The molecule has 0 bridgehead atoms. The number of hydrogen-bond acceptors (Lipinski definition) is 2. The highest BCUT2D eigenvalue weighted by Gasteiger charge is 2.15. The van der Waals surface area contributed by atoms with Crippen LogP contribution in [0.3, 0.4) is 0 Å². The van der Waals surface area contributed by atoms with Crippen LogP contribution in [0.15, 0.2) is 59.5 Å². The predicted octanol–water partition coefficient (Wildman–Crippen LogP) is 4.57. The third-order valence-corrected chi connectivity index (χ3v) is 5.30. The van der Waals surface area contributed by atoms with Crippen molar-refractivity contribution in [1.29, 1.82) is 0 Å². The maximum atomic E-state index is 2.37. The maximum absolute atomic E-state index is 2.37. The molecule has 2 nitrogen and oxygen atoms in total. The molecule has 0 saturated carbocycles. The van der Waals surface area contributed by atoms with Gasteiger partial charge >= 0.3 is 0 Å². The fraction of sp³-hybridized carbons (Fsp3) is 0.300. The zero-order valence-electron chi connectivity index (χ0n) is 14.1. The summed E-state index contributed by atoms with van der Waals surface area (Å²) in [4.78, 5) is 3.59. The second kappa shape index (κ2) is 7.24. The lowest BCUT2D eigenvalue weighted by molar-refractivity contribution is 0.409. The Kier molecular flexibility index (Phi) is 5.09. The number of aryl methyl sites for hydroxylation is 1. The summed E-state index contributed by atoms with van der Waals surface area (Å²) < 4.78 is 2.37. The highest BCUT2D eigenvalue weighted by Crippen LogP contribution is 2.31. The summed E-state index contributed by atoms with van der Waals surface area (Å²) in [5.41, 5.74) is 4.28. The zero-order chi connectivity index (χ0) is 16.2. The molecule has 3 rings (SSSR count). The number of rotatable bonds is 6. The van der Waals surface area contributed by atoms with Crippen LogP contribution >= 0.6 is 11.8 Å². The van der Waals surface area contributed by atoms with E-state index in [0.717, 1.165) is 18.7 Å². The molecule has 0 N–H and O–H groups in total. The number of thioether (sulfide) groups is 1. The SMILES string of the molecule is CN(C)CCc1c(CSc2ccccc2)c2ccccc2n1C. The van der Waals surface area contributed by atoms with Gasteiger partial charge in [-0.3, -0.25) is 0 Å². The van der Waals surface area contributed by atoms with Gasteiger partial charge in [-0.2, -0.15) is 0 Å². The number of benzene rings is 2. The molecule has 0 aliphatic carbocycles. The molecule has 3 aromatic rings. The van der Waals surface area contributed by atoms with Gasteiger partial charge in [-0.15, -0.1) is 11.8 Å². The quantitative estimate of drug-likeness (QED) is 0.614. The summed E-state index contributed by atoms with van der Waals surface area (Å²) >= 11 is 1.92. The molecule has 0 radical (unpaired) electrons. The Morgan fingerprint density at radius 2 is 1.65 bits per heavy atom. The van der Waals surface area contributed by atoms with E-state index in [1.165, 1.54) is 27.1 Å². The van der Waals surface area contributed by atoms with E-state index >= 15 is 0 Å². The molecular weight excluding hydrogens is 300 g/mol. The summed E-state index contributed by atoms with van der Waals surface area (Å²) in [6, 6.07) is 19.4. The Morgan fingerprint density at radius 3 is 2.39 bits per heavy atom. The monoisotopic (exact) mass is 324 g/mol. The standard InChI is InChI=1S/C20H24N2S/c1-21(2)14-13-20-18(15-23-16-9-5-4-6-10-16)17-11-7-8-12-19(17)22(20)3/h4-12H,13-15H2,1-3H3. The second-order valence-corrected chi connectivity index (χ2v) is 7.21. The van der Waals surface area contributed by atoms with E-state index in [9.17, 15) is 0 Å². The molecule has 1 heterocycles. The lowest BCUT2D eigenvalue weighted by Gasteiger charge is -2.12. The first-order valence-corrected chi connectivity index (χ1v) is 9.03. The van der Waals surface area contributed by atoms with Crippen molar-refractivity contribution in [2.24, 2.45) is 7.05 Å². The van der Waals surface area contributed by atoms with Gasteiger partial charge in [-0.1, -0.05) is 36.4 Å². The van der Waals surface area contributed by atoms with E-state index < -0.39 is 0 Å². The fourth-order valence-corrected chi connectivity index (χ4v) is 3.99. The van der Waals surface area contributed by atoms with Gasteiger partial charge < -0.3 is 9.47 Å². The fourth-order valence-electron chi connectivity index (χ4n) is 3.01. The molecule has 0 fully saturated rings. The van der Waals surface area contributed by atoms with Crippen LogP contribution in [-0.2, 0) is 19.2 Å². The Morgan fingerprint density at radius 1 is 0.957 bits per heavy atom. The number of likely N-dealkylation sites (N-methyl/N-ethyl adjacent to an activating group) is 1. The van der Waals surface area contributed by atoms with Gasteiger partial charge in [0.2, 0.25) is 0 Å². The molecule has 0 atom stereocenters. The molecule has 0 aliphatic rings. The molecule has 3 heteroatoms. The minimum absolute atomic E-state index is 1.02. The van der Waals surface area contributed by atoms with Crippen LogP contribution in [0.25, 0.3) is 10.9 Å². The third kappa shape index (κ3) is 3.62. The summed E-state index contributed by atoms with van der Waals surface area (Å²) in [5.74, 6) is 1.02. The van der Waals surface area contributed by atoms with Gasteiger partial charge in [0.05, 0.1) is 0 Å². The maximum Gasteiger partial charge on any atom is 0.0483 e. The summed E-state index contributed by atoms with van der Waals surface area (Å²) in [6.07, 6.45) is 1.09. The summed E-state index contributed by atoms with van der Waals surface area (Å²) in [6.45, 7) is 1.08. The number of nitrogens with zero attached hydrogens (tertiary/aromatic N) is 2. The average Bonchev–Trinajstić information content (AvgIpc) is 2.84. The van der Waals surface area contributed by atoms with Crippen molar-refractivity contribution in [3.63, 3.8) is 0 Å². The highest BCUT2D eigenvalue weighted by atomic mass is 32.2. The molecule has 120 valence electrons. The van der Waals surface area contributed by atoms with Crippen molar-refractivity contribution in [3.05, 3.63) is 65.9 Å². The van der Waals surface area contributed by atoms with Crippen molar-refractivity contribution in [2.45, 2.75) is 17.1 Å². The number of hydrogen-bond donors (Lipinski definition) is 0. The Bertz CT molecular complexity index is 775. The van der Waals surface area contributed by atoms with E-state index in [4.69, 9.17) is 0 Å².